The summed E-state index contributed by atoms with van der Waals surface area (Å²) >= 11 is 6.78. The highest BCUT2D eigenvalue weighted by Crippen LogP contribution is 2.39. The Morgan fingerprint density at radius 2 is 1.73 bits per heavy atom. The maximum atomic E-state index is 11.4. The highest BCUT2D eigenvalue weighted by Gasteiger charge is 2.29. The van der Waals surface area contributed by atoms with Gasteiger partial charge in [0.1, 0.15) is 29.7 Å². The number of nitrogens with one attached hydrogen (secondary N) is 1. The molecule has 1 atom stereocenters. The van der Waals surface area contributed by atoms with E-state index >= 15 is 0 Å². The number of carboxylic acid groups (broad SMARTS) is 1. The third-order valence-corrected chi connectivity index (χ3v) is 6.89. The zero-order valence-corrected chi connectivity index (χ0v) is 22.9. The van der Waals surface area contributed by atoms with Gasteiger partial charge in [-0.3, -0.25) is 5.32 Å². The highest BCUT2D eigenvalue weighted by molar-refractivity contribution is 6.33. The van der Waals surface area contributed by atoms with Crippen LogP contribution in [0.4, 0.5) is 0 Å². The number of carboxylic acids is 1. The van der Waals surface area contributed by atoms with Gasteiger partial charge < -0.3 is 19.7 Å². The van der Waals surface area contributed by atoms with Gasteiger partial charge in [0, 0.05) is 12.1 Å². The summed E-state index contributed by atoms with van der Waals surface area (Å²) in [6.45, 7) is 3.54. The first-order valence-electron chi connectivity index (χ1n) is 12.6. The molecule has 0 saturated heterocycles. The summed E-state index contributed by atoms with van der Waals surface area (Å²) in [5, 5.41) is 31.4. The molecule has 8 heteroatoms. The van der Waals surface area contributed by atoms with Gasteiger partial charge in [0.2, 0.25) is 5.72 Å². The summed E-state index contributed by atoms with van der Waals surface area (Å²) in [7, 11) is 0. The van der Waals surface area contributed by atoms with Crippen molar-refractivity contribution in [1.82, 2.24) is 5.32 Å². The quantitative estimate of drug-likeness (QED) is 0.188. The van der Waals surface area contributed by atoms with Crippen LogP contribution in [-0.2, 0) is 24.6 Å². The Balaban J connectivity index is 1.59. The van der Waals surface area contributed by atoms with E-state index in [0.29, 0.717) is 16.9 Å². The molecule has 40 heavy (non-hydrogen) atoms. The predicted molar refractivity (Wildman–Crippen MR) is 153 cm³/mol. The Kier molecular flexibility index (Phi) is 9.08. The first-order chi connectivity index (χ1) is 19.2. The van der Waals surface area contributed by atoms with Crippen LogP contribution >= 0.6 is 11.6 Å². The van der Waals surface area contributed by atoms with Crippen LogP contribution in [0.15, 0.2) is 84.9 Å². The van der Waals surface area contributed by atoms with E-state index in [1.807, 2.05) is 36.4 Å². The predicted octanol–water partition coefficient (Wildman–Crippen LogP) is 6.23. The van der Waals surface area contributed by atoms with E-state index in [0.717, 1.165) is 34.7 Å². The average Bonchev–Trinajstić information content (AvgIpc) is 2.96. The number of halogens is 1. The Morgan fingerprint density at radius 1 is 0.975 bits per heavy atom. The summed E-state index contributed by atoms with van der Waals surface area (Å²) in [6.07, 6.45) is 0. The molecule has 0 unspecified atom stereocenters. The first kappa shape index (κ1) is 28.7. The Bertz CT molecular complexity index is 1550. The molecule has 4 aromatic rings. The molecule has 0 radical (unpaired) electrons. The Morgan fingerprint density at radius 3 is 2.45 bits per heavy atom. The lowest BCUT2D eigenvalue weighted by Gasteiger charge is -2.22. The number of benzene rings is 4. The van der Waals surface area contributed by atoms with Gasteiger partial charge in [-0.2, -0.15) is 5.26 Å². The number of aliphatic carboxylic acids is 1. The van der Waals surface area contributed by atoms with E-state index in [1.54, 1.807) is 30.3 Å². The monoisotopic (exact) mass is 556 g/mol. The number of nitrogens with zero attached hydrogens (tertiary/aromatic N) is 1. The van der Waals surface area contributed by atoms with Gasteiger partial charge >= 0.3 is 5.97 Å². The zero-order chi connectivity index (χ0) is 28.7. The standard InChI is InChI=1S/C32H29ClN2O5/c1-21-26(12-7-13-27(21)24-10-4-3-5-11-24)20-39-28-15-14-25(18-35-32(2,38)31(36)37)30(29(28)33)40-19-23-9-6-8-22(16-23)17-34/h3-16,35,38H,18-20H2,1-2H3,(H,36,37)/t32-/m1/s1. The van der Waals surface area contributed by atoms with Crippen molar-refractivity contribution in [3.05, 3.63) is 118 Å². The van der Waals surface area contributed by atoms with Crippen molar-refractivity contribution in [3.63, 3.8) is 0 Å². The van der Waals surface area contributed by atoms with E-state index in [-0.39, 0.29) is 30.5 Å². The second-order valence-corrected chi connectivity index (χ2v) is 9.82. The van der Waals surface area contributed by atoms with Crippen molar-refractivity contribution in [1.29, 1.82) is 5.26 Å². The van der Waals surface area contributed by atoms with Crippen LogP contribution in [0.3, 0.4) is 0 Å². The van der Waals surface area contributed by atoms with Crippen LogP contribution in [0, 0.1) is 18.3 Å². The number of aliphatic hydroxyl groups is 1. The molecule has 4 aromatic carbocycles. The topological polar surface area (TPSA) is 112 Å². The molecule has 204 valence electrons. The molecule has 0 aliphatic rings. The van der Waals surface area contributed by atoms with Gasteiger partial charge in [0.25, 0.3) is 0 Å². The van der Waals surface area contributed by atoms with Gasteiger partial charge in [0.05, 0.1) is 11.6 Å². The molecule has 0 heterocycles. The smallest absolute Gasteiger partial charge is 0.350 e. The summed E-state index contributed by atoms with van der Waals surface area (Å²) in [5.74, 6) is -0.742. The molecule has 7 nitrogen and oxygen atoms in total. The number of ether oxygens (including phenoxy) is 2. The number of hydrogen-bond acceptors (Lipinski definition) is 6. The summed E-state index contributed by atoms with van der Waals surface area (Å²) in [4.78, 5) is 11.4. The summed E-state index contributed by atoms with van der Waals surface area (Å²) in [6, 6.07) is 28.7. The van der Waals surface area contributed by atoms with Crippen molar-refractivity contribution in [3.8, 4) is 28.7 Å². The van der Waals surface area contributed by atoms with Crippen molar-refractivity contribution in [2.24, 2.45) is 0 Å². The third-order valence-electron chi connectivity index (χ3n) is 6.54. The Hall–Kier alpha value is -4.35. The molecule has 0 bridgehead atoms. The maximum absolute atomic E-state index is 11.4. The minimum Gasteiger partial charge on any atom is -0.487 e. The molecule has 0 amide bonds. The number of hydrogen-bond donors (Lipinski definition) is 3. The number of carbonyl (C=O) groups is 1. The first-order valence-corrected chi connectivity index (χ1v) is 13.0. The van der Waals surface area contributed by atoms with Crippen LogP contribution < -0.4 is 14.8 Å². The third kappa shape index (κ3) is 6.80. The minimum absolute atomic E-state index is 0.0366. The van der Waals surface area contributed by atoms with Gasteiger partial charge in [0.15, 0.2) is 0 Å². The molecular formula is C32H29ClN2O5. The summed E-state index contributed by atoms with van der Waals surface area (Å²) < 4.78 is 12.2. The molecule has 0 aliphatic heterocycles. The lowest BCUT2D eigenvalue weighted by atomic mass is 9.97. The lowest BCUT2D eigenvalue weighted by molar-refractivity contribution is -0.160. The molecular weight excluding hydrogens is 528 g/mol. The van der Waals surface area contributed by atoms with Gasteiger partial charge in [-0.05, 0) is 59.9 Å². The second kappa shape index (κ2) is 12.7. The van der Waals surface area contributed by atoms with E-state index in [4.69, 9.17) is 21.1 Å². The fraction of sp³-hybridized carbons (Fsp3) is 0.188. The molecule has 0 aromatic heterocycles. The molecule has 0 aliphatic carbocycles. The van der Waals surface area contributed by atoms with Crippen molar-refractivity contribution >= 4 is 17.6 Å². The van der Waals surface area contributed by atoms with Crippen LogP contribution in [-0.4, -0.2) is 21.9 Å². The van der Waals surface area contributed by atoms with Crippen molar-refractivity contribution in [2.45, 2.75) is 39.3 Å². The molecule has 0 spiro atoms. The van der Waals surface area contributed by atoms with Crippen molar-refractivity contribution < 1.29 is 24.5 Å². The van der Waals surface area contributed by atoms with Gasteiger partial charge in [-0.1, -0.05) is 78.3 Å². The van der Waals surface area contributed by atoms with Crippen molar-refractivity contribution in [2.75, 3.05) is 0 Å². The minimum atomic E-state index is -2.15. The fourth-order valence-electron chi connectivity index (χ4n) is 4.14. The van der Waals surface area contributed by atoms with E-state index in [1.165, 1.54) is 0 Å². The zero-order valence-electron chi connectivity index (χ0n) is 22.1. The van der Waals surface area contributed by atoms with Crippen LogP contribution in [0.1, 0.15) is 34.7 Å². The van der Waals surface area contributed by atoms with Gasteiger partial charge in [-0.25, -0.2) is 4.79 Å². The van der Waals surface area contributed by atoms with E-state index in [9.17, 15) is 20.3 Å². The highest BCUT2D eigenvalue weighted by atomic mass is 35.5. The number of nitriles is 1. The maximum Gasteiger partial charge on any atom is 0.350 e. The molecule has 0 saturated carbocycles. The fourth-order valence-corrected chi connectivity index (χ4v) is 4.43. The number of rotatable bonds is 11. The largest absolute Gasteiger partial charge is 0.487 e. The van der Waals surface area contributed by atoms with Crippen LogP contribution in [0.5, 0.6) is 11.5 Å². The van der Waals surface area contributed by atoms with Crippen LogP contribution in [0.2, 0.25) is 5.02 Å². The van der Waals surface area contributed by atoms with Crippen LogP contribution in [0.25, 0.3) is 11.1 Å². The van der Waals surface area contributed by atoms with Gasteiger partial charge in [-0.15, -0.1) is 0 Å². The lowest BCUT2D eigenvalue weighted by Crippen LogP contribution is -2.48. The van der Waals surface area contributed by atoms with E-state index < -0.39 is 11.7 Å². The molecule has 0 fully saturated rings. The SMILES string of the molecule is Cc1c(COc2ccc(CN[C@](C)(O)C(=O)O)c(OCc3cccc(C#N)c3)c2Cl)cccc1-c1ccccc1. The molecule has 4 rings (SSSR count). The van der Waals surface area contributed by atoms with E-state index in [2.05, 4.69) is 36.5 Å². The Labute approximate surface area is 238 Å². The summed E-state index contributed by atoms with van der Waals surface area (Å²) in [5.41, 5.74) is 3.95. The molecule has 3 N–H and O–H groups in total. The average molecular weight is 557 g/mol. The second-order valence-electron chi connectivity index (χ2n) is 9.44. The normalized spacial score (nSPS) is 12.3.